The number of hydrogen-bond acceptors (Lipinski definition) is 0. The van der Waals surface area contributed by atoms with Crippen LogP contribution in [-0.2, 0) is 0 Å². The van der Waals surface area contributed by atoms with E-state index < -0.39 is 0 Å². The van der Waals surface area contributed by atoms with E-state index in [9.17, 15) is 0 Å². The number of rotatable bonds is 0. The molecule has 0 aliphatic rings. The number of hydrogen-bond donors (Lipinski definition) is 0. The van der Waals surface area contributed by atoms with Gasteiger partial charge < -0.3 is 37.6 Å². The van der Waals surface area contributed by atoms with Crippen LogP contribution in [0.5, 0.6) is 0 Å². The van der Waals surface area contributed by atoms with E-state index >= 15 is 0 Å². The molecule has 0 heterocycles. The maximum absolute atomic E-state index is 0. The largest absolute Gasteiger partial charge is 6.00 e. The molecule has 0 aromatic rings. The van der Waals surface area contributed by atoms with Crippen LogP contribution in [0.2, 0.25) is 0 Å². The van der Waals surface area contributed by atoms with E-state index in [4.69, 9.17) is 0 Å². The fraction of sp³-hybridized carbons (Fsp3) is 0. The molecule has 0 unspecified atom stereocenters. The molecule has 0 radical (unpaired) electrons. The van der Waals surface area contributed by atoms with Crippen LogP contribution in [0.15, 0.2) is 0 Å². The molecule has 0 aromatic heterocycles. The summed E-state index contributed by atoms with van der Waals surface area (Å²) in [6.45, 7) is 0. The van der Waals surface area contributed by atoms with Crippen molar-refractivity contribution in [1.29, 1.82) is 0 Å². The Labute approximate surface area is 79.0 Å². The van der Waals surface area contributed by atoms with E-state index in [0.717, 1.165) is 0 Å². The minimum Gasteiger partial charge on any atom is -1.00 e. The van der Waals surface area contributed by atoms with Crippen LogP contribution in [0.25, 0.3) is 0 Å². The summed E-state index contributed by atoms with van der Waals surface area (Å²) < 4.78 is 0. The molecule has 0 N–H and O–H groups in total. The minimum absolute atomic E-state index is 0. The summed E-state index contributed by atoms with van der Waals surface area (Å²) in [7, 11) is 0. The monoisotopic (exact) mass is 399 g/mol. The van der Waals surface area contributed by atoms with Gasteiger partial charge in [0.25, 0.3) is 0 Å². The molecule has 0 nitrogen and oxygen atoms in total. The molecule has 10 heavy (non-hydrogen) atoms. The van der Waals surface area contributed by atoms with Gasteiger partial charge in [-0.25, -0.2) is 0 Å². The average Bonchev–Trinajstić information content (AvgIpc) is 0. The van der Waals surface area contributed by atoms with Gasteiger partial charge in [-0.3, -0.25) is 0 Å². The Morgan fingerprint density at radius 1 is 0.300 bits per heavy atom. The third-order valence-corrected chi connectivity index (χ3v) is 0. The summed E-state index contributed by atoms with van der Waals surface area (Å²) in [5, 5.41) is 0. The summed E-state index contributed by atoms with van der Waals surface area (Å²) in [5.74, 6) is 0. The molecular weight excluding hydrogens is 399 g/mol. The topological polar surface area (TPSA) is 0 Å². The van der Waals surface area contributed by atoms with Crippen molar-refractivity contribution in [3.63, 3.8) is 0 Å². The average molecular weight is 399 g/mol. The first-order chi connectivity index (χ1) is 0. The summed E-state index contributed by atoms with van der Waals surface area (Å²) in [5.41, 5.74) is 0. The second-order valence-corrected chi connectivity index (χ2v) is 0. The van der Waals surface area contributed by atoms with E-state index in [2.05, 4.69) is 0 Å². The van der Waals surface area contributed by atoms with E-state index in [1.807, 2.05) is 0 Å². The third kappa shape index (κ3) is 1160. The van der Waals surface area contributed by atoms with Gasteiger partial charge in [-0.2, -0.15) is 0 Å². The molecule has 0 saturated carbocycles. The van der Waals surface area contributed by atoms with Crippen LogP contribution in [0, 0.1) is 31.1 Å². The second-order valence-electron chi connectivity index (χ2n) is 0. The predicted octanol–water partition coefficient (Wildman–Crippen LogP) is -24.3. The van der Waals surface area contributed by atoms with Gasteiger partial charge in [-0.05, 0) is 0 Å². The van der Waals surface area contributed by atoms with Crippen molar-refractivity contribution in [2.45, 2.75) is 0 Å². The maximum Gasteiger partial charge on any atom is 6.00 e. The SMILES string of the molecule is [Be+2].[F-].[F-].[F-].[F-].[F-].[F-].[F-].[F-].[U+6]. The minimum atomic E-state index is 0. The van der Waals surface area contributed by atoms with Crippen LogP contribution < -0.4 is 37.6 Å². The molecule has 0 rings (SSSR count). The molecule has 0 bridgehead atoms. The molecule has 0 atom stereocenters. The Morgan fingerprint density at radius 3 is 0.300 bits per heavy atom. The fourth-order valence-corrected chi connectivity index (χ4v) is 0. The van der Waals surface area contributed by atoms with Gasteiger partial charge in [0.1, 0.15) is 0 Å². The molecule has 0 aliphatic heterocycles. The van der Waals surface area contributed by atoms with Crippen molar-refractivity contribution < 1.29 is 68.7 Å². The number of halogens is 8. The normalized spacial score (nSPS) is 0. The molecule has 10 heteroatoms. The van der Waals surface area contributed by atoms with E-state index in [1.165, 1.54) is 0 Å². The van der Waals surface area contributed by atoms with Gasteiger partial charge in [0.15, 0.2) is 0 Å². The smallest absolute Gasteiger partial charge is 1.00 e. The van der Waals surface area contributed by atoms with Gasteiger partial charge in [0.05, 0.1) is 0 Å². The zero-order valence-electron chi connectivity index (χ0n) is 4.23. The predicted molar refractivity (Wildman–Crippen MR) is 5.75 cm³/mol. The fourth-order valence-electron chi connectivity index (χ4n) is 0. The van der Waals surface area contributed by atoms with E-state index in [-0.39, 0.29) is 78.9 Å². The first-order valence-electron chi connectivity index (χ1n) is 0. The second kappa shape index (κ2) is 1660. The van der Waals surface area contributed by atoms with Crippen LogP contribution in [-0.4, -0.2) is 10.1 Å². The molecule has 0 spiro atoms. The molecular formula is BeF8U. The summed E-state index contributed by atoms with van der Waals surface area (Å²) >= 11 is 0. The van der Waals surface area contributed by atoms with Gasteiger partial charge in [0, 0.05) is 0 Å². The van der Waals surface area contributed by atoms with Crippen LogP contribution in [0.3, 0.4) is 0 Å². The first kappa shape index (κ1) is 2280. The zero-order chi connectivity index (χ0) is 0. The van der Waals surface area contributed by atoms with E-state index in [1.54, 1.807) is 0 Å². The van der Waals surface area contributed by atoms with Gasteiger partial charge in [-0.1, -0.05) is 0 Å². The van der Waals surface area contributed by atoms with Crippen molar-refractivity contribution in [1.82, 2.24) is 0 Å². The summed E-state index contributed by atoms with van der Waals surface area (Å²) in [4.78, 5) is 0. The Hall–Kier alpha value is 0.661. The van der Waals surface area contributed by atoms with E-state index in [0.29, 0.717) is 0 Å². The van der Waals surface area contributed by atoms with Gasteiger partial charge >= 0.3 is 41.2 Å². The summed E-state index contributed by atoms with van der Waals surface area (Å²) in [6.07, 6.45) is 0. The Balaban J connectivity index is 0. The molecule has 0 amide bonds. The Kier molecular flexibility index (Phi) is 378000. The van der Waals surface area contributed by atoms with Crippen LogP contribution in [0.1, 0.15) is 0 Å². The van der Waals surface area contributed by atoms with Crippen molar-refractivity contribution in [2.24, 2.45) is 0 Å². The summed E-state index contributed by atoms with van der Waals surface area (Å²) in [6, 6.07) is 0. The molecule has 0 fully saturated rings. The van der Waals surface area contributed by atoms with Crippen molar-refractivity contribution in [3.8, 4) is 0 Å². The molecule has 0 aliphatic carbocycles. The quantitative estimate of drug-likeness (QED) is 0.281. The molecule has 0 saturated heterocycles. The van der Waals surface area contributed by atoms with Crippen LogP contribution >= 0.6 is 0 Å². The van der Waals surface area contributed by atoms with Crippen molar-refractivity contribution >= 4 is 10.1 Å². The molecule has 0 aromatic carbocycles. The van der Waals surface area contributed by atoms with Crippen molar-refractivity contribution in [3.05, 3.63) is 0 Å². The van der Waals surface area contributed by atoms with Crippen molar-refractivity contribution in [2.75, 3.05) is 0 Å². The Morgan fingerprint density at radius 2 is 0.300 bits per heavy atom. The third-order valence-electron chi connectivity index (χ3n) is 0. The van der Waals surface area contributed by atoms with Crippen LogP contribution in [0.4, 0.5) is 0 Å². The first-order valence-corrected chi connectivity index (χ1v) is 0. The Bertz CT molecular complexity index is 9.22. The zero-order valence-corrected chi connectivity index (χ0v) is 8.39. The molecule has 62 valence electrons. The maximum atomic E-state index is 0. The standard InChI is InChI=1S/Be.8FH.U/h;8*1H;/q+2;;;;;;;;;+6/p-8. The van der Waals surface area contributed by atoms with Gasteiger partial charge in [0.2, 0.25) is 0 Å². The van der Waals surface area contributed by atoms with Gasteiger partial charge in [-0.15, -0.1) is 0 Å².